The number of esters is 1. The van der Waals surface area contributed by atoms with Crippen molar-refractivity contribution in [3.05, 3.63) is 40.4 Å². The molecule has 32 heavy (non-hydrogen) atoms. The van der Waals surface area contributed by atoms with Crippen LogP contribution in [-0.4, -0.2) is 57.4 Å². The van der Waals surface area contributed by atoms with Crippen molar-refractivity contribution in [3.63, 3.8) is 0 Å². The summed E-state index contributed by atoms with van der Waals surface area (Å²) in [5.41, 5.74) is -0.350. The van der Waals surface area contributed by atoms with Crippen LogP contribution in [0.1, 0.15) is 30.0 Å². The normalized spacial score (nSPS) is 20.6. The number of carbonyl (C=O) groups is 3. The Bertz CT molecular complexity index is 1060. The Hall–Kier alpha value is -2.63. The maximum atomic E-state index is 14.4. The number of aryl methyl sites for hydroxylation is 1. The molecule has 3 N–H and O–H groups in total. The van der Waals surface area contributed by atoms with Crippen molar-refractivity contribution in [3.8, 4) is 11.3 Å². The first-order valence-corrected chi connectivity index (χ1v) is 10.7. The summed E-state index contributed by atoms with van der Waals surface area (Å²) in [6.45, 7) is 4.88. The Morgan fingerprint density at radius 1 is 1.41 bits per heavy atom. The third-order valence-corrected chi connectivity index (χ3v) is 6.86. The minimum atomic E-state index is -1.25. The van der Waals surface area contributed by atoms with Gasteiger partial charge in [0.25, 0.3) is 5.91 Å². The summed E-state index contributed by atoms with van der Waals surface area (Å²) in [5, 5.41) is 17.9. The molecule has 1 fully saturated rings. The highest BCUT2D eigenvalue weighted by molar-refractivity contribution is 8.01. The van der Waals surface area contributed by atoms with Gasteiger partial charge in [0, 0.05) is 4.75 Å². The topological polar surface area (TPSA) is 131 Å². The highest BCUT2D eigenvalue weighted by atomic mass is 35.5. The van der Waals surface area contributed by atoms with E-state index in [1.807, 2.05) is 0 Å². The van der Waals surface area contributed by atoms with Crippen molar-refractivity contribution >= 4 is 41.2 Å². The maximum absolute atomic E-state index is 14.4. The van der Waals surface area contributed by atoms with Crippen LogP contribution in [0.5, 0.6) is 0 Å². The van der Waals surface area contributed by atoms with Crippen LogP contribution in [-0.2, 0) is 14.3 Å². The third kappa shape index (κ3) is 4.45. The molecular weight excluding hydrogens is 465 g/mol. The Kier molecular flexibility index (Phi) is 6.82. The van der Waals surface area contributed by atoms with E-state index in [-0.39, 0.29) is 27.6 Å². The van der Waals surface area contributed by atoms with Gasteiger partial charge < -0.3 is 19.7 Å². The SMILES string of the molecule is COC(=O)C(NC(=O)c1c(-c2c(F)cccc2Cl)noc1C)[C@@H]1N[C@@H](C(=O)O)C(C)(C)S1. The predicted octanol–water partition coefficient (Wildman–Crippen LogP) is 2.61. The fourth-order valence-electron chi connectivity index (χ4n) is 3.46. The largest absolute Gasteiger partial charge is 0.480 e. The summed E-state index contributed by atoms with van der Waals surface area (Å²) < 4.78 is 23.6. The summed E-state index contributed by atoms with van der Waals surface area (Å²) in [6, 6.07) is 1.80. The van der Waals surface area contributed by atoms with Crippen molar-refractivity contribution in [1.29, 1.82) is 0 Å². The number of rotatable bonds is 6. The summed E-state index contributed by atoms with van der Waals surface area (Å²) in [7, 11) is 1.15. The molecule has 9 nitrogen and oxygen atoms in total. The molecule has 172 valence electrons. The van der Waals surface area contributed by atoms with Gasteiger partial charge >= 0.3 is 11.9 Å². The van der Waals surface area contributed by atoms with E-state index in [4.69, 9.17) is 20.9 Å². The van der Waals surface area contributed by atoms with Gasteiger partial charge in [-0.3, -0.25) is 14.9 Å². The van der Waals surface area contributed by atoms with E-state index < -0.39 is 45.9 Å². The lowest BCUT2D eigenvalue weighted by atomic mass is 10.0. The highest BCUT2D eigenvalue weighted by Crippen LogP contribution is 2.40. The van der Waals surface area contributed by atoms with E-state index in [1.54, 1.807) is 13.8 Å². The molecule has 0 radical (unpaired) electrons. The zero-order valence-corrected chi connectivity index (χ0v) is 19.1. The molecular formula is C20H21ClFN3O6S. The van der Waals surface area contributed by atoms with Gasteiger partial charge in [0.2, 0.25) is 0 Å². The number of benzene rings is 1. The van der Waals surface area contributed by atoms with Crippen LogP contribution in [0.2, 0.25) is 5.02 Å². The van der Waals surface area contributed by atoms with E-state index in [9.17, 15) is 23.9 Å². The van der Waals surface area contributed by atoms with Gasteiger partial charge in [-0.15, -0.1) is 11.8 Å². The van der Waals surface area contributed by atoms with E-state index in [2.05, 4.69) is 15.8 Å². The number of carbonyl (C=O) groups excluding carboxylic acids is 2. The number of ether oxygens (including phenoxy) is 1. The average Bonchev–Trinajstić information content (AvgIpc) is 3.24. The molecule has 0 spiro atoms. The van der Waals surface area contributed by atoms with Crippen molar-refractivity contribution in [2.45, 2.75) is 43.0 Å². The lowest BCUT2D eigenvalue weighted by Gasteiger charge is -2.23. The van der Waals surface area contributed by atoms with Crippen LogP contribution >= 0.6 is 23.4 Å². The molecule has 2 aromatic rings. The van der Waals surface area contributed by atoms with Gasteiger partial charge in [-0.2, -0.15) is 0 Å². The second-order valence-electron chi connectivity index (χ2n) is 7.61. The number of methoxy groups -OCH3 is 1. The van der Waals surface area contributed by atoms with Gasteiger partial charge in [-0.1, -0.05) is 22.8 Å². The van der Waals surface area contributed by atoms with Crippen LogP contribution in [0, 0.1) is 12.7 Å². The fourth-order valence-corrected chi connectivity index (χ4v) is 5.19. The van der Waals surface area contributed by atoms with E-state index >= 15 is 0 Å². The molecule has 0 bridgehead atoms. The Balaban J connectivity index is 1.95. The zero-order chi connectivity index (χ0) is 23.8. The molecule has 0 saturated carbocycles. The lowest BCUT2D eigenvalue weighted by Crippen LogP contribution is -2.54. The second kappa shape index (κ2) is 9.08. The van der Waals surface area contributed by atoms with Crippen LogP contribution in [0.15, 0.2) is 22.7 Å². The van der Waals surface area contributed by atoms with Gasteiger partial charge in [0.1, 0.15) is 28.9 Å². The number of amides is 1. The second-order valence-corrected chi connectivity index (χ2v) is 9.82. The first kappa shape index (κ1) is 24.0. The minimum Gasteiger partial charge on any atom is -0.480 e. The molecule has 1 aromatic carbocycles. The number of aromatic nitrogens is 1. The van der Waals surface area contributed by atoms with E-state index in [0.29, 0.717) is 0 Å². The zero-order valence-electron chi connectivity index (χ0n) is 17.6. The number of hydrogen-bond donors (Lipinski definition) is 3. The molecule has 1 aliphatic heterocycles. The number of carboxylic acid groups (broad SMARTS) is 1. The molecule has 1 amide bonds. The van der Waals surface area contributed by atoms with E-state index in [0.717, 1.165) is 13.2 Å². The number of halogens is 2. The monoisotopic (exact) mass is 485 g/mol. The number of carboxylic acids is 1. The van der Waals surface area contributed by atoms with Crippen molar-refractivity contribution in [2.24, 2.45) is 0 Å². The molecule has 0 aliphatic carbocycles. The molecule has 1 aromatic heterocycles. The molecule has 3 rings (SSSR count). The smallest absolute Gasteiger partial charge is 0.330 e. The van der Waals surface area contributed by atoms with Crippen molar-refractivity contribution in [2.75, 3.05) is 7.11 Å². The Morgan fingerprint density at radius 2 is 2.09 bits per heavy atom. The Labute approximate surface area is 192 Å². The van der Waals surface area contributed by atoms with E-state index in [1.165, 1.54) is 30.8 Å². The molecule has 1 unspecified atom stereocenters. The number of thioether (sulfide) groups is 1. The standard InChI is InChI=1S/C20H21ClFN3O6S/c1-8-11(13(25-31-8)12-9(21)6-5-7-10(12)22)16(26)23-14(19(29)30-4)17-24-15(18(27)28)20(2,3)32-17/h5-7,14-15,17,24H,1-4H3,(H,23,26)(H,27,28)/t14?,15-,17+/m0/s1. The Morgan fingerprint density at radius 3 is 2.66 bits per heavy atom. The fraction of sp³-hybridized carbons (Fsp3) is 0.400. The number of nitrogens with one attached hydrogen (secondary N) is 2. The highest BCUT2D eigenvalue weighted by Gasteiger charge is 2.50. The summed E-state index contributed by atoms with van der Waals surface area (Å²) in [4.78, 5) is 37.2. The van der Waals surface area contributed by atoms with Crippen LogP contribution < -0.4 is 10.6 Å². The minimum absolute atomic E-state index is 0.0240. The number of aliphatic carboxylic acids is 1. The molecule has 1 aliphatic rings. The van der Waals surface area contributed by atoms with Gasteiger partial charge in [-0.05, 0) is 32.9 Å². The maximum Gasteiger partial charge on any atom is 0.330 e. The van der Waals surface area contributed by atoms with Crippen LogP contribution in [0.4, 0.5) is 4.39 Å². The molecule has 12 heteroatoms. The molecule has 3 atom stereocenters. The summed E-state index contributed by atoms with van der Waals surface area (Å²) in [5.74, 6) is -3.29. The summed E-state index contributed by atoms with van der Waals surface area (Å²) >= 11 is 7.29. The van der Waals surface area contributed by atoms with Crippen molar-refractivity contribution < 1.29 is 33.1 Å². The van der Waals surface area contributed by atoms with Gasteiger partial charge in [-0.25, -0.2) is 9.18 Å². The first-order chi connectivity index (χ1) is 15.0. The predicted molar refractivity (Wildman–Crippen MR) is 115 cm³/mol. The van der Waals surface area contributed by atoms with Crippen molar-refractivity contribution in [1.82, 2.24) is 15.8 Å². The molecule has 1 saturated heterocycles. The third-order valence-electron chi connectivity index (χ3n) is 5.04. The average molecular weight is 486 g/mol. The van der Waals surface area contributed by atoms with Gasteiger partial charge in [0.05, 0.1) is 23.1 Å². The molecule has 2 heterocycles. The van der Waals surface area contributed by atoms with Crippen LogP contribution in [0.25, 0.3) is 11.3 Å². The number of nitrogens with zero attached hydrogens (tertiary/aromatic N) is 1. The van der Waals surface area contributed by atoms with Gasteiger partial charge in [0.15, 0.2) is 6.04 Å². The van der Waals surface area contributed by atoms with Crippen LogP contribution in [0.3, 0.4) is 0 Å². The summed E-state index contributed by atoms with van der Waals surface area (Å²) in [6.07, 6.45) is 0. The number of hydrogen-bond acceptors (Lipinski definition) is 8. The lowest BCUT2D eigenvalue weighted by molar-refractivity contribution is -0.144. The first-order valence-electron chi connectivity index (χ1n) is 9.44. The quantitative estimate of drug-likeness (QED) is 0.528.